The van der Waals surface area contributed by atoms with Gasteiger partial charge in [0.05, 0.1) is 0 Å². The molecule has 4 nitrogen and oxygen atoms in total. The van der Waals surface area contributed by atoms with Gasteiger partial charge in [0, 0.05) is 11.1 Å². The normalized spacial score (nSPS) is 14.2. The van der Waals surface area contributed by atoms with E-state index in [4.69, 9.17) is 4.74 Å². The van der Waals surface area contributed by atoms with Crippen LogP contribution in [0, 0.1) is 6.92 Å². The summed E-state index contributed by atoms with van der Waals surface area (Å²) >= 11 is 0. The SMILES string of the molecule is CCc1c(C)c2c(c(O)c1C/C=C(\C)C=O)C(=O)OC2. The quantitative estimate of drug-likeness (QED) is 0.521. The zero-order chi connectivity index (χ0) is 14.9. The Bertz CT molecular complexity index is 612. The minimum Gasteiger partial charge on any atom is -0.507 e. The number of rotatable bonds is 4. The van der Waals surface area contributed by atoms with Crippen LogP contribution >= 0.6 is 0 Å². The molecule has 0 aromatic heterocycles. The van der Waals surface area contributed by atoms with Gasteiger partial charge in [-0.15, -0.1) is 0 Å². The Labute approximate surface area is 118 Å². The van der Waals surface area contributed by atoms with Crippen LogP contribution < -0.4 is 0 Å². The van der Waals surface area contributed by atoms with Gasteiger partial charge in [0.15, 0.2) is 0 Å². The molecule has 1 aliphatic rings. The Morgan fingerprint density at radius 1 is 1.40 bits per heavy atom. The van der Waals surface area contributed by atoms with Crippen LogP contribution in [0.4, 0.5) is 0 Å². The zero-order valence-electron chi connectivity index (χ0n) is 11.9. The average molecular weight is 274 g/mol. The first-order valence-electron chi connectivity index (χ1n) is 6.66. The fourth-order valence-corrected chi connectivity index (χ4v) is 2.65. The van der Waals surface area contributed by atoms with Crippen molar-refractivity contribution in [3.63, 3.8) is 0 Å². The van der Waals surface area contributed by atoms with Crippen LogP contribution in [0.2, 0.25) is 0 Å². The number of aromatic hydroxyl groups is 1. The minimum absolute atomic E-state index is 0.0000935. The number of hydrogen-bond acceptors (Lipinski definition) is 4. The summed E-state index contributed by atoms with van der Waals surface area (Å²) in [6, 6.07) is 0. The van der Waals surface area contributed by atoms with Gasteiger partial charge in [-0.05, 0) is 43.4 Å². The van der Waals surface area contributed by atoms with Crippen molar-refractivity contribution < 1.29 is 19.4 Å². The Hall–Kier alpha value is -2.10. The van der Waals surface area contributed by atoms with Crippen molar-refractivity contribution in [2.75, 3.05) is 0 Å². The fourth-order valence-electron chi connectivity index (χ4n) is 2.65. The first kappa shape index (κ1) is 14.3. The molecule has 0 fully saturated rings. The van der Waals surface area contributed by atoms with Gasteiger partial charge in [-0.2, -0.15) is 0 Å². The molecular formula is C16H18O4. The fraction of sp³-hybridized carbons (Fsp3) is 0.375. The van der Waals surface area contributed by atoms with Crippen LogP contribution in [0.1, 0.15) is 46.5 Å². The van der Waals surface area contributed by atoms with E-state index >= 15 is 0 Å². The summed E-state index contributed by atoms with van der Waals surface area (Å²) < 4.78 is 5.02. The molecule has 1 heterocycles. The molecule has 0 spiro atoms. The highest BCUT2D eigenvalue weighted by atomic mass is 16.5. The number of cyclic esters (lactones) is 1. The molecule has 0 radical (unpaired) electrons. The molecule has 0 amide bonds. The van der Waals surface area contributed by atoms with Gasteiger partial charge < -0.3 is 9.84 Å². The van der Waals surface area contributed by atoms with Crippen LogP contribution in [0.25, 0.3) is 0 Å². The summed E-state index contributed by atoms with van der Waals surface area (Å²) in [5.74, 6) is -0.472. The Balaban J connectivity index is 2.61. The Morgan fingerprint density at radius 2 is 2.10 bits per heavy atom. The molecule has 1 aromatic rings. The lowest BCUT2D eigenvalue weighted by molar-refractivity contribution is -0.104. The van der Waals surface area contributed by atoms with Crippen molar-refractivity contribution in [2.45, 2.75) is 40.2 Å². The maximum absolute atomic E-state index is 11.7. The van der Waals surface area contributed by atoms with Crippen LogP contribution in [0.15, 0.2) is 11.6 Å². The number of ether oxygens (including phenoxy) is 1. The Kier molecular flexibility index (Phi) is 3.93. The predicted molar refractivity (Wildman–Crippen MR) is 74.9 cm³/mol. The highest BCUT2D eigenvalue weighted by molar-refractivity contribution is 5.97. The van der Waals surface area contributed by atoms with E-state index in [1.807, 2.05) is 13.8 Å². The van der Waals surface area contributed by atoms with Crippen molar-refractivity contribution >= 4 is 12.3 Å². The van der Waals surface area contributed by atoms with Crippen molar-refractivity contribution in [1.82, 2.24) is 0 Å². The maximum atomic E-state index is 11.7. The highest BCUT2D eigenvalue weighted by Gasteiger charge is 2.30. The second kappa shape index (κ2) is 5.49. The second-order valence-corrected chi connectivity index (χ2v) is 4.98. The standard InChI is InChI=1S/C16H18O4/c1-4-11-10(3)13-8-20-16(19)14(13)15(18)12(11)6-5-9(2)7-17/h5,7,18H,4,6,8H2,1-3H3/b9-5+. The van der Waals surface area contributed by atoms with Crippen LogP contribution in [-0.2, 0) is 29.0 Å². The first-order chi connectivity index (χ1) is 9.51. The van der Waals surface area contributed by atoms with Gasteiger partial charge in [-0.1, -0.05) is 13.0 Å². The molecule has 4 heteroatoms. The molecule has 1 aromatic carbocycles. The lowest BCUT2D eigenvalue weighted by atomic mass is 9.89. The number of aldehydes is 1. The summed E-state index contributed by atoms with van der Waals surface area (Å²) in [6.45, 7) is 5.89. The van der Waals surface area contributed by atoms with E-state index in [0.29, 0.717) is 17.6 Å². The van der Waals surface area contributed by atoms with Crippen molar-refractivity contribution in [3.05, 3.63) is 39.5 Å². The largest absolute Gasteiger partial charge is 0.507 e. The number of phenols is 1. The van der Waals surface area contributed by atoms with Gasteiger partial charge in [-0.3, -0.25) is 4.79 Å². The topological polar surface area (TPSA) is 63.6 Å². The molecule has 0 atom stereocenters. The molecule has 0 bridgehead atoms. The van der Waals surface area contributed by atoms with E-state index in [1.54, 1.807) is 13.0 Å². The van der Waals surface area contributed by atoms with Crippen molar-refractivity contribution in [1.29, 1.82) is 0 Å². The average Bonchev–Trinajstić information content (AvgIpc) is 2.83. The predicted octanol–water partition coefficient (Wildman–Crippen LogP) is 2.62. The van der Waals surface area contributed by atoms with Crippen LogP contribution in [0.5, 0.6) is 5.75 Å². The number of fused-ring (bicyclic) bond motifs is 1. The molecule has 2 rings (SSSR count). The highest BCUT2D eigenvalue weighted by Crippen LogP contribution is 2.38. The number of benzene rings is 1. The third kappa shape index (κ3) is 2.22. The number of carbonyl (C=O) groups excluding carboxylic acids is 2. The third-order valence-electron chi connectivity index (χ3n) is 3.81. The number of hydrogen-bond donors (Lipinski definition) is 1. The van der Waals surface area contributed by atoms with Crippen molar-refractivity contribution in [3.8, 4) is 5.75 Å². The van der Waals surface area contributed by atoms with Crippen molar-refractivity contribution in [2.24, 2.45) is 0 Å². The summed E-state index contributed by atoms with van der Waals surface area (Å²) in [4.78, 5) is 22.4. The maximum Gasteiger partial charge on any atom is 0.342 e. The minimum atomic E-state index is -0.472. The number of esters is 1. The molecular weight excluding hydrogens is 256 g/mol. The van der Waals surface area contributed by atoms with Gasteiger partial charge >= 0.3 is 5.97 Å². The van der Waals surface area contributed by atoms with E-state index in [2.05, 4.69) is 0 Å². The van der Waals surface area contributed by atoms with Gasteiger partial charge in [0.25, 0.3) is 0 Å². The van der Waals surface area contributed by atoms with Gasteiger partial charge in [0.1, 0.15) is 24.2 Å². The molecule has 1 aliphatic heterocycles. The van der Waals surface area contributed by atoms with E-state index in [0.717, 1.165) is 29.4 Å². The summed E-state index contributed by atoms with van der Waals surface area (Å²) in [6.07, 6.45) is 3.72. The van der Waals surface area contributed by atoms with Gasteiger partial charge in [-0.25, -0.2) is 4.79 Å². The van der Waals surface area contributed by atoms with Crippen LogP contribution in [0.3, 0.4) is 0 Å². The van der Waals surface area contributed by atoms with Gasteiger partial charge in [0.2, 0.25) is 0 Å². The lowest BCUT2D eigenvalue weighted by Crippen LogP contribution is -2.04. The lowest BCUT2D eigenvalue weighted by Gasteiger charge is -2.15. The Morgan fingerprint density at radius 3 is 2.70 bits per heavy atom. The molecule has 0 saturated carbocycles. The molecule has 0 aliphatic carbocycles. The van der Waals surface area contributed by atoms with Crippen LogP contribution in [-0.4, -0.2) is 17.4 Å². The molecule has 0 saturated heterocycles. The first-order valence-corrected chi connectivity index (χ1v) is 6.66. The summed E-state index contributed by atoms with van der Waals surface area (Å²) in [7, 11) is 0. The van der Waals surface area contributed by atoms with E-state index in [-0.39, 0.29) is 17.9 Å². The second-order valence-electron chi connectivity index (χ2n) is 4.98. The molecule has 106 valence electrons. The number of carbonyl (C=O) groups is 2. The number of allylic oxidation sites excluding steroid dienone is 2. The third-order valence-corrected chi connectivity index (χ3v) is 3.81. The summed E-state index contributed by atoms with van der Waals surface area (Å²) in [5, 5.41) is 10.4. The van der Waals surface area contributed by atoms with E-state index < -0.39 is 5.97 Å². The number of phenolic OH excluding ortho intramolecular Hbond substituents is 1. The molecule has 20 heavy (non-hydrogen) atoms. The zero-order valence-corrected chi connectivity index (χ0v) is 11.9. The van der Waals surface area contributed by atoms with E-state index in [9.17, 15) is 14.7 Å². The van der Waals surface area contributed by atoms with E-state index in [1.165, 1.54) is 0 Å². The molecule has 0 unspecified atom stereocenters. The summed E-state index contributed by atoms with van der Waals surface area (Å²) in [5.41, 5.74) is 4.40. The molecule has 1 N–H and O–H groups in total. The smallest absolute Gasteiger partial charge is 0.342 e. The monoisotopic (exact) mass is 274 g/mol.